The highest BCUT2D eigenvalue weighted by Gasteiger charge is 2.32. The SMILES string of the molecule is CCCC(=O)N1CCC(N2CCC[C@H](C(=O)NCc3ccccn3)C2)CC1. The van der Waals surface area contributed by atoms with Crippen molar-refractivity contribution in [3.05, 3.63) is 30.1 Å². The molecule has 3 rings (SSSR count). The summed E-state index contributed by atoms with van der Waals surface area (Å²) in [4.78, 5) is 33.4. The van der Waals surface area contributed by atoms with Crippen LogP contribution in [-0.2, 0) is 16.1 Å². The Morgan fingerprint density at radius 2 is 2.00 bits per heavy atom. The molecule has 3 heterocycles. The molecule has 2 fully saturated rings. The van der Waals surface area contributed by atoms with Crippen molar-refractivity contribution < 1.29 is 9.59 Å². The zero-order chi connectivity index (χ0) is 19.1. The molecule has 6 nitrogen and oxygen atoms in total. The van der Waals surface area contributed by atoms with Crippen LogP contribution in [0.2, 0.25) is 0 Å². The molecule has 0 aromatic carbocycles. The molecule has 27 heavy (non-hydrogen) atoms. The molecule has 6 heteroatoms. The molecule has 148 valence electrons. The molecule has 2 saturated heterocycles. The fourth-order valence-electron chi connectivity index (χ4n) is 4.23. The van der Waals surface area contributed by atoms with E-state index in [1.807, 2.05) is 23.1 Å². The second-order valence-corrected chi connectivity index (χ2v) is 7.73. The molecule has 0 spiro atoms. The lowest BCUT2D eigenvalue weighted by atomic mass is 9.93. The Morgan fingerprint density at radius 3 is 2.70 bits per heavy atom. The van der Waals surface area contributed by atoms with Gasteiger partial charge in [0.1, 0.15) is 0 Å². The predicted molar refractivity (Wildman–Crippen MR) is 105 cm³/mol. The highest BCUT2D eigenvalue weighted by atomic mass is 16.2. The van der Waals surface area contributed by atoms with Crippen molar-refractivity contribution in [2.45, 2.75) is 58.0 Å². The maximum absolute atomic E-state index is 12.6. The van der Waals surface area contributed by atoms with Crippen LogP contribution in [0, 0.1) is 5.92 Å². The van der Waals surface area contributed by atoms with Gasteiger partial charge in [-0.3, -0.25) is 19.5 Å². The molecule has 1 atom stereocenters. The number of hydrogen-bond donors (Lipinski definition) is 1. The topological polar surface area (TPSA) is 65.5 Å². The van der Waals surface area contributed by atoms with E-state index >= 15 is 0 Å². The number of nitrogens with one attached hydrogen (secondary N) is 1. The molecule has 1 N–H and O–H groups in total. The summed E-state index contributed by atoms with van der Waals surface area (Å²) in [5.41, 5.74) is 0.891. The Balaban J connectivity index is 1.45. The standard InChI is InChI=1S/C21H32N4O2/c1-2-6-20(26)24-13-9-19(10-14-24)25-12-5-7-17(16-25)21(27)23-15-18-8-3-4-11-22-18/h3-4,8,11,17,19H,2,5-7,9-10,12-16H2,1H3,(H,23,27)/t17-/m0/s1. The summed E-state index contributed by atoms with van der Waals surface area (Å²) < 4.78 is 0. The molecule has 0 radical (unpaired) electrons. The van der Waals surface area contributed by atoms with Crippen molar-refractivity contribution in [2.24, 2.45) is 5.92 Å². The van der Waals surface area contributed by atoms with E-state index in [0.29, 0.717) is 24.9 Å². The summed E-state index contributed by atoms with van der Waals surface area (Å²) in [6.45, 7) is 6.16. The summed E-state index contributed by atoms with van der Waals surface area (Å²) in [6, 6.07) is 6.25. The van der Waals surface area contributed by atoms with Crippen LogP contribution in [0.25, 0.3) is 0 Å². The van der Waals surface area contributed by atoms with Crippen molar-refractivity contribution >= 4 is 11.8 Å². The average molecular weight is 373 g/mol. The molecular weight excluding hydrogens is 340 g/mol. The van der Waals surface area contributed by atoms with Crippen molar-refractivity contribution in [2.75, 3.05) is 26.2 Å². The van der Waals surface area contributed by atoms with Gasteiger partial charge in [-0.2, -0.15) is 0 Å². The Labute approximate surface area is 162 Å². The molecule has 2 amide bonds. The molecule has 1 aromatic heterocycles. The van der Waals surface area contributed by atoms with Crippen LogP contribution in [0.1, 0.15) is 51.1 Å². The van der Waals surface area contributed by atoms with Crippen molar-refractivity contribution in [3.8, 4) is 0 Å². The molecule has 2 aliphatic rings. The normalized spacial score (nSPS) is 21.8. The summed E-state index contributed by atoms with van der Waals surface area (Å²) in [5, 5.41) is 3.05. The van der Waals surface area contributed by atoms with Crippen LogP contribution in [0.3, 0.4) is 0 Å². The number of amides is 2. The van der Waals surface area contributed by atoms with Gasteiger partial charge in [-0.05, 0) is 50.8 Å². The van der Waals surface area contributed by atoms with Gasteiger partial charge in [0.25, 0.3) is 0 Å². The fraction of sp³-hybridized carbons (Fsp3) is 0.667. The van der Waals surface area contributed by atoms with Gasteiger partial charge < -0.3 is 10.2 Å². The van der Waals surface area contributed by atoms with Crippen LogP contribution < -0.4 is 5.32 Å². The van der Waals surface area contributed by atoms with Crippen molar-refractivity contribution in [1.29, 1.82) is 0 Å². The minimum absolute atomic E-state index is 0.0576. The first-order valence-corrected chi connectivity index (χ1v) is 10.4. The Kier molecular flexibility index (Phi) is 7.21. The minimum Gasteiger partial charge on any atom is -0.350 e. The van der Waals surface area contributed by atoms with Crippen LogP contribution in [0.4, 0.5) is 0 Å². The first-order chi connectivity index (χ1) is 13.2. The van der Waals surface area contributed by atoms with Gasteiger partial charge in [0, 0.05) is 38.3 Å². The number of carbonyl (C=O) groups excluding carboxylic acids is 2. The third-order valence-electron chi connectivity index (χ3n) is 5.79. The molecule has 1 aromatic rings. The summed E-state index contributed by atoms with van der Waals surface area (Å²) in [7, 11) is 0. The minimum atomic E-state index is 0.0576. The molecule has 0 bridgehead atoms. The lowest BCUT2D eigenvalue weighted by Crippen LogP contribution is -2.51. The van der Waals surface area contributed by atoms with Gasteiger partial charge in [-0.15, -0.1) is 0 Å². The zero-order valence-corrected chi connectivity index (χ0v) is 16.4. The summed E-state index contributed by atoms with van der Waals surface area (Å²) in [5.74, 6) is 0.490. The summed E-state index contributed by atoms with van der Waals surface area (Å²) in [6.07, 6.45) is 7.40. The maximum atomic E-state index is 12.6. The highest BCUT2D eigenvalue weighted by Crippen LogP contribution is 2.24. The largest absolute Gasteiger partial charge is 0.350 e. The number of nitrogens with zero attached hydrogens (tertiary/aromatic N) is 3. The highest BCUT2D eigenvalue weighted by molar-refractivity contribution is 5.79. The monoisotopic (exact) mass is 372 g/mol. The van der Waals surface area contributed by atoms with E-state index in [9.17, 15) is 9.59 Å². The zero-order valence-electron chi connectivity index (χ0n) is 16.4. The van der Waals surface area contributed by atoms with Crippen molar-refractivity contribution in [3.63, 3.8) is 0 Å². The van der Waals surface area contributed by atoms with Crippen molar-refractivity contribution in [1.82, 2.24) is 20.1 Å². The molecular formula is C21H32N4O2. The van der Waals surface area contributed by atoms with Crippen LogP contribution in [0.15, 0.2) is 24.4 Å². The van der Waals surface area contributed by atoms with Gasteiger partial charge in [0.15, 0.2) is 0 Å². The average Bonchev–Trinajstić information content (AvgIpc) is 2.73. The second kappa shape index (κ2) is 9.83. The Hall–Kier alpha value is -1.95. The van der Waals surface area contributed by atoms with Gasteiger partial charge in [0.2, 0.25) is 11.8 Å². The number of aromatic nitrogens is 1. The number of pyridine rings is 1. The number of likely N-dealkylation sites (tertiary alicyclic amines) is 2. The van der Waals surface area contributed by atoms with Gasteiger partial charge in [-0.25, -0.2) is 0 Å². The van der Waals surface area contributed by atoms with E-state index in [1.165, 1.54) is 0 Å². The van der Waals surface area contributed by atoms with Gasteiger partial charge in [0.05, 0.1) is 18.2 Å². The number of carbonyl (C=O) groups is 2. The Morgan fingerprint density at radius 1 is 1.19 bits per heavy atom. The lowest BCUT2D eigenvalue weighted by molar-refractivity contribution is -0.133. The summed E-state index contributed by atoms with van der Waals surface area (Å²) >= 11 is 0. The molecule has 0 saturated carbocycles. The van der Waals surface area contributed by atoms with E-state index in [0.717, 1.165) is 64.0 Å². The first-order valence-electron chi connectivity index (χ1n) is 10.4. The molecule has 0 aliphatic carbocycles. The third-order valence-corrected chi connectivity index (χ3v) is 5.79. The quantitative estimate of drug-likeness (QED) is 0.831. The van der Waals surface area contributed by atoms with Crippen LogP contribution >= 0.6 is 0 Å². The van der Waals surface area contributed by atoms with E-state index < -0.39 is 0 Å². The second-order valence-electron chi connectivity index (χ2n) is 7.73. The number of rotatable bonds is 6. The van der Waals surface area contributed by atoms with Gasteiger partial charge in [-0.1, -0.05) is 13.0 Å². The predicted octanol–water partition coefficient (Wildman–Crippen LogP) is 2.20. The number of hydrogen-bond acceptors (Lipinski definition) is 4. The van der Waals surface area contributed by atoms with Crippen LogP contribution in [-0.4, -0.2) is 58.8 Å². The third kappa shape index (κ3) is 5.51. The maximum Gasteiger partial charge on any atom is 0.224 e. The fourth-order valence-corrected chi connectivity index (χ4v) is 4.23. The number of piperidine rings is 2. The lowest BCUT2D eigenvalue weighted by Gasteiger charge is -2.42. The van der Waals surface area contributed by atoms with E-state index in [4.69, 9.17) is 0 Å². The first kappa shape index (κ1) is 19.8. The smallest absolute Gasteiger partial charge is 0.224 e. The molecule has 0 unspecified atom stereocenters. The Bertz CT molecular complexity index is 614. The molecule has 2 aliphatic heterocycles. The van der Waals surface area contributed by atoms with E-state index in [-0.39, 0.29) is 11.8 Å². The van der Waals surface area contributed by atoms with Gasteiger partial charge >= 0.3 is 0 Å². The van der Waals surface area contributed by atoms with E-state index in [1.54, 1.807) is 6.20 Å². The van der Waals surface area contributed by atoms with Crippen LogP contribution in [0.5, 0.6) is 0 Å². The van der Waals surface area contributed by atoms with E-state index in [2.05, 4.69) is 22.1 Å².